The van der Waals surface area contributed by atoms with Gasteiger partial charge in [-0.2, -0.15) is 0 Å². The van der Waals surface area contributed by atoms with Crippen LogP contribution >= 0.6 is 23.2 Å². The monoisotopic (exact) mass is 514 g/mol. The number of nitro groups is 1. The third kappa shape index (κ3) is 6.93. The number of aromatic nitrogens is 1. The van der Waals surface area contributed by atoms with Gasteiger partial charge in [0, 0.05) is 16.7 Å². The Labute approximate surface area is 203 Å². The first-order chi connectivity index (χ1) is 16.1. The summed E-state index contributed by atoms with van der Waals surface area (Å²) in [6.07, 6.45) is 0.561. The third-order valence-electron chi connectivity index (χ3n) is 4.34. The molecule has 1 aromatic carbocycles. The highest BCUT2D eigenvalue weighted by Crippen LogP contribution is 2.36. The lowest BCUT2D eigenvalue weighted by molar-refractivity contribution is -0.385. The number of methoxy groups -OCH3 is 1. The summed E-state index contributed by atoms with van der Waals surface area (Å²) in [6.45, 7) is 1.11. The molecule has 2 rings (SSSR count). The Bertz CT molecular complexity index is 1110. The van der Waals surface area contributed by atoms with Gasteiger partial charge in [-0.05, 0) is 19.1 Å². The summed E-state index contributed by atoms with van der Waals surface area (Å²) >= 11 is 11.9. The summed E-state index contributed by atoms with van der Waals surface area (Å²) in [5, 5.41) is 26.1. The molecular weight excluding hydrogens is 495 g/mol. The Morgan fingerprint density at radius 2 is 1.97 bits per heavy atom. The SMILES string of the molecule is CCOC(=O)CC(NC(=O)CNC(=O)c1cc([N+](=O)[O-])cnc1OC)c1cc(Cl)cc(Cl)c1O. The topological polar surface area (TPSA) is 170 Å². The third-order valence-corrected chi connectivity index (χ3v) is 4.85. The standard InChI is InChI=1S/C20H20Cl2N4O8/c1-3-34-17(28)7-15(12-4-10(21)5-14(22)18(12)29)25-16(27)9-23-19(30)13-6-11(26(31)32)8-24-20(13)33-2/h4-6,8,15,29H,3,7,9H2,1-2H3,(H,23,30)(H,25,27). The molecule has 14 heteroatoms. The van der Waals surface area contributed by atoms with Gasteiger partial charge < -0.3 is 25.2 Å². The summed E-state index contributed by atoms with van der Waals surface area (Å²) in [5.41, 5.74) is -0.639. The van der Waals surface area contributed by atoms with Crippen molar-refractivity contribution in [3.63, 3.8) is 0 Å². The van der Waals surface area contributed by atoms with Crippen LogP contribution in [-0.4, -0.2) is 53.1 Å². The van der Waals surface area contributed by atoms with Crippen molar-refractivity contribution in [3.05, 3.63) is 55.7 Å². The van der Waals surface area contributed by atoms with Gasteiger partial charge in [0.15, 0.2) is 0 Å². The Morgan fingerprint density at radius 3 is 2.59 bits per heavy atom. The first-order valence-corrected chi connectivity index (χ1v) is 10.4. The average molecular weight is 515 g/mol. The number of amides is 2. The van der Waals surface area contributed by atoms with Crippen LogP contribution in [-0.2, 0) is 14.3 Å². The number of nitrogens with zero attached hydrogens (tertiary/aromatic N) is 2. The second kappa shape index (κ2) is 12.0. The van der Waals surface area contributed by atoms with Crippen LogP contribution in [0, 0.1) is 10.1 Å². The summed E-state index contributed by atoms with van der Waals surface area (Å²) in [7, 11) is 1.22. The lowest BCUT2D eigenvalue weighted by atomic mass is 10.0. The van der Waals surface area contributed by atoms with Crippen LogP contribution in [0.1, 0.15) is 35.3 Å². The number of hydrogen-bond acceptors (Lipinski definition) is 9. The van der Waals surface area contributed by atoms with E-state index in [0.29, 0.717) is 0 Å². The maximum Gasteiger partial charge on any atom is 0.308 e. The number of carbonyl (C=O) groups excluding carboxylic acids is 3. The van der Waals surface area contributed by atoms with Gasteiger partial charge in [0.1, 0.15) is 17.5 Å². The van der Waals surface area contributed by atoms with Gasteiger partial charge in [-0.3, -0.25) is 24.5 Å². The molecule has 12 nitrogen and oxygen atoms in total. The molecule has 0 fully saturated rings. The second-order valence-corrected chi connectivity index (χ2v) is 7.49. The highest BCUT2D eigenvalue weighted by atomic mass is 35.5. The summed E-state index contributed by atoms with van der Waals surface area (Å²) in [5.74, 6) is -2.85. The largest absolute Gasteiger partial charge is 0.506 e. The van der Waals surface area contributed by atoms with E-state index in [1.807, 2.05) is 0 Å². The van der Waals surface area contributed by atoms with Crippen molar-refractivity contribution in [2.24, 2.45) is 0 Å². The maximum atomic E-state index is 12.5. The molecule has 0 spiro atoms. The molecule has 1 aromatic heterocycles. The number of hydrogen-bond donors (Lipinski definition) is 3. The highest BCUT2D eigenvalue weighted by Gasteiger charge is 2.25. The van der Waals surface area contributed by atoms with E-state index in [2.05, 4.69) is 15.6 Å². The first-order valence-electron chi connectivity index (χ1n) is 9.66. The van der Waals surface area contributed by atoms with Gasteiger partial charge in [0.2, 0.25) is 11.8 Å². The van der Waals surface area contributed by atoms with Gasteiger partial charge in [-0.25, -0.2) is 4.98 Å². The van der Waals surface area contributed by atoms with Crippen molar-refractivity contribution in [1.29, 1.82) is 0 Å². The molecule has 0 saturated carbocycles. The molecule has 1 atom stereocenters. The Morgan fingerprint density at radius 1 is 1.26 bits per heavy atom. The lowest BCUT2D eigenvalue weighted by Crippen LogP contribution is -2.39. The number of phenolic OH excluding ortho intramolecular Hbond substituents is 1. The van der Waals surface area contributed by atoms with Crippen LogP contribution < -0.4 is 15.4 Å². The number of halogens is 2. The number of ether oxygens (including phenoxy) is 2. The molecule has 182 valence electrons. The fraction of sp³-hybridized carbons (Fsp3) is 0.300. The molecule has 0 bridgehead atoms. The molecule has 3 N–H and O–H groups in total. The van der Waals surface area contributed by atoms with Gasteiger partial charge >= 0.3 is 5.97 Å². The van der Waals surface area contributed by atoms with E-state index in [9.17, 15) is 29.6 Å². The number of carbonyl (C=O) groups is 3. The van der Waals surface area contributed by atoms with Crippen molar-refractivity contribution < 1.29 is 33.9 Å². The minimum absolute atomic E-state index is 0.0646. The van der Waals surface area contributed by atoms with Gasteiger partial charge in [-0.1, -0.05) is 23.2 Å². The van der Waals surface area contributed by atoms with Crippen LogP contribution in [0.4, 0.5) is 5.69 Å². The summed E-state index contributed by atoms with van der Waals surface area (Å²) < 4.78 is 9.84. The van der Waals surface area contributed by atoms with Crippen molar-refractivity contribution in [3.8, 4) is 11.6 Å². The zero-order chi connectivity index (χ0) is 25.4. The van der Waals surface area contributed by atoms with E-state index in [1.165, 1.54) is 19.2 Å². The van der Waals surface area contributed by atoms with Crippen molar-refractivity contribution in [2.75, 3.05) is 20.3 Å². The van der Waals surface area contributed by atoms with Crippen molar-refractivity contribution in [2.45, 2.75) is 19.4 Å². The van der Waals surface area contributed by atoms with Gasteiger partial charge in [0.25, 0.3) is 11.6 Å². The normalized spacial score (nSPS) is 11.3. The molecule has 0 aliphatic carbocycles. The van der Waals surface area contributed by atoms with Crippen LogP contribution in [0.25, 0.3) is 0 Å². The Balaban J connectivity index is 2.19. The minimum Gasteiger partial charge on any atom is -0.506 e. The zero-order valence-corrected chi connectivity index (χ0v) is 19.5. The fourth-order valence-electron chi connectivity index (χ4n) is 2.84. The first kappa shape index (κ1) is 26.6. The number of benzene rings is 1. The molecule has 0 aliphatic rings. The molecule has 0 radical (unpaired) electrons. The smallest absolute Gasteiger partial charge is 0.308 e. The Hall–Kier alpha value is -3.64. The van der Waals surface area contributed by atoms with Crippen LogP contribution in [0.5, 0.6) is 11.6 Å². The molecule has 0 saturated heterocycles. The van der Waals surface area contributed by atoms with E-state index in [1.54, 1.807) is 6.92 Å². The number of rotatable bonds is 10. The number of nitrogens with one attached hydrogen (secondary N) is 2. The molecule has 34 heavy (non-hydrogen) atoms. The van der Waals surface area contributed by atoms with Gasteiger partial charge in [-0.15, -0.1) is 0 Å². The van der Waals surface area contributed by atoms with Gasteiger partial charge in [0.05, 0.1) is 42.7 Å². The summed E-state index contributed by atoms with van der Waals surface area (Å²) in [6, 6.07) is 2.47. The summed E-state index contributed by atoms with van der Waals surface area (Å²) in [4.78, 5) is 51.0. The van der Waals surface area contributed by atoms with E-state index in [0.717, 1.165) is 12.3 Å². The average Bonchev–Trinajstić information content (AvgIpc) is 2.79. The van der Waals surface area contributed by atoms with Crippen molar-refractivity contribution >= 4 is 46.7 Å². The zero-order valence-electron chi connectivity index (χ0n) is 18.0. The molecule has 1 unspecified atom stereocenters. The molecule has 1 heterocycles. The molecular formula is C20H20Cl2N4O8. The van der Waals surface area contributed by atoms with E-state index in [-0.39, 0.29) is 40.1 Å². The van der Waals surface area contributed by atoms with Crippen LogP contribution in [0.3, 0.4) is 0 Å². The second-order valence-electron chi connectivity index (χ2n) is 6.64. The van der Waals surface area contributed by atoms with Crippen molar-refractivity contribution in [1.82, 2.24) is 15.6 Å². The maximum absolute atomic E-state index is 12.5. The number of phenols is 1. The predicted octanol–water partition coefficient (Wildman–Crippen LogP) is 2.55. The Kier molecular flexibility index (Phi) is 9.39. The number of aromatic hydroxyl groups is 1. The number of esters is 1. The van der Waals surface area contributed by atoms with Crippen LogP contribution in [0.2, 0.25) is 10.0 Å². The van der Waals surface area contributed by atoms with E-state index < -0.39 is 46.7 Å². The van der Waals surface area contributed by atoms with E-state index >= 15 is 0 Å². The predicted molar refractivity (Wildman–Crippen MR) is 120 cm³/mol. The molecule has 2 amide bonds. The minimum atomic E-state index is -1.09. The fourth-order valence-corrected chi connectivity index (χ4v) is 3.35. The molecule has 0 aliphatic heterocycles. The quantitative estimate of drug-likeness (QED) is 0.244. The van der Waals surface area contributed by atoms with Crippen LogP contribution in [0.15, 0.2) is 24.4 Å². The van der Waals surface area contributed by atoms with E-state index in [4.69, 9.17) is 32.7 Å². The molecule has 2 aromatic rings. The lowest BCUT2D eigenvalue weighted by Gasteiger charge is -2.20. The number of pyridine rings is 1. The highest BCUT2D eigenvalue weighted by molar-refractivity contribution is 6.35.